The maximum absolute atomic E-state index is 12.7. The van der Waals surface area contributed by atoms with Gasteiger partial charge in [-0.15, -0.1) is 0 Å². The van der Waals surface area contributed by atoms with Crippen molar-refractivity contribution in [3.05, 3.63) is 40.5 Å². The first-order chi connectivity index (χ1) is 9.56. The van der Waals surface area contributed by atoms with Gasteiger partial charge in [-0.25, -0.2) is 18.7 Å². The Hall–Kier alpha value is -1.71. The highest BCUT2D eigenvalue weighted by molar-refractivity contribution is 7.98. The lowest BCUT2D eigenvalue weighted by Gasteiger charge is -2.08. The van der Waals surface area contributed by atoms with Crippen LogP contribution in [0.25, 0.3) is 11.3 Å². The van der Waals surface area contributed by atoms with E-state index in [2.05, 4.69) is 9.97 Å². The Morgan fingerprint density at radius 1 is 1.35 bits per heavy atom. The van der Waals surface area contributed by atoms with Gasteiger partial charge >= 0.3 is 0 Å². The van der Waals surface area contributed by atoms with E-state index in [1.54, 1.807) is 12.3 Å². The lowest BCUT2D eigenvalue weighted by molar-refractivity contribution is 0.151. The maximum atomic E-state index is 12.7. The molecule has 1 aromatic carbocycles. The summed E-state index contributed by atoms with van der Waals surface area (Å²) in [6.45, 7) is 0. The maximum Gasteiger partial charge on any atom is 0.263 e. The van der Waals surface area contributed by atoms with Crippen molar-refractivity contribution >= 4 is 23.4 Å². The smallest absolute Gasteiger partial charge is 0.221 e. The molecule has 0 saturated carbocycles. The fourth-order valence-electron chi connectivity index (χ4n) is 1.64. The Bertz CT molecular complexity index is 686. The third kappa shape index (κ3) is 2.89. The predicted octanol–water partition coefficient (Wildman–Crippen LogP) is 4.33. The van der Waals surface area contributed by atoms with Crippen LogP contribution in [0.4, 0.5) is 8.78 Å². The number of nitrogens with zero attached hydrogens (tertiary/aromatic N) is 3. The summed E-state index contributed by atoms with van der Waals surface area (Å²) >= 11 is 7.19. The first-order valence-electron chi connectivity index (χ1n) is 5.47. The van der Waals surface area contributed by atoms with Crippen LogP contribution in [0.15, 0.2) is 29.4 Å². The second-order valence-corrected chi connectivity index (χ2v) is 4.89. The minimum Gasteiger partial charge on any atom is -0.221 e. The molecule has 0 spiro atoms. The molecule has 20 heavy (non-hydrogen) atoms. The molecule has 1 heterocycles. The monoisotopic (exact) mass is 311 g/mol. The Labute approximate surface area is 123 Å². The minimum atomic E-state index is -2.59. The van der Waals surface area contributed by atoms with Crippen molar-refractivity contribution in [1.82, 2.24) is 9.97 Å². The van der Waals surface area contributed by atoms with Gasteiger partial charge in [0.2, 0.25) is 0 Å². The van der Waals surface area contributed by atoms with E-state index in [9.17, 15) is 8.78 Å². The molecule has 0 radical (unpaired) electrons. The number of benzene rings is 1. The standard InChI is InChI=1S/C13H8ClF2N3S/c1-20-13-18-10(9(6-17)11(14)19-13)7-3-2-4-8(5-7)12(15)16/h2-5,12H,1H3. The molecule has 0 N–H and O–H groups in total. The van der Waals surface area contributed by atoms with Gasteiger partial charge in [0.25, 0.3) is 6.43 Å². The lowest BCUT2D eigenvalue weighted by Crippen LogP contribution is -1.97. The highest BCUT2D eigenvalue weighted by Gasteiger charge is 2.16. The van der Waals surface area contributed by atoms with Gasteiger partial charge in [0.05, 0.1) is 5.69 Å². The quantitative estimate of drug-likeness (QED) is 0.481. The van der Waals surface area contributed by atoms with Crippen LogP contribution < -0.4 is 0 Å². The van der Waals surface area contributed by atoms with Crippen molar-refractivity contribution in [1.29, 1.82) is 5.26 Å². The molecule has 102 valence electrons. The summed E-state index contributed by atoms with van der Waals surface area (Å²) in [6, 6.07) is 7.63. The van der Waals surface area contributed by atoms with E-state index < -0.39 is 6.43 Å². The van der Waals surface area contributed by atoms with E-state index in [1.807, 2.05) is 6.07 Å². The molecule has 0 bridgehead atoms. The molecular weight excluding hydrogens is 304 g/mol. The number of halogens is 3. The zero-order valence-electron chi connectivity index (χ0n) is 10.3. The van der Waals surface area contributed by atoms with Crippen molar-refractivity contribution < 1.29 is 8.78 Å². The van der Waals surface area contributed by atoms with Gasteiger partial charge in [0.15, 0.2) is 10.3 Å². The normalized spacial score (nSPS) is 10.6. The average Bonchev–Trinajstić information content (AvgIpc) is 2.46. The number of hydrogen-bond donors (Lipinski definition) is 0. The Balaban J connectivity index is 2.65. The van der Waals surface area contributed by atoms with Crippen molar-refractivity contribution in [2.24, 2.45) is 0 Å². The molecule has 0 atom stereocenters. The van der Waals surface area contributed by atoms with Crippen LogP contribution in [-0.4, -0.2) is 16.2 Å². The van der Waals surface area contributed by atoms with E-state index in [0.29, 0.717) is 10.7 Å². The van der Waals surface area contributed by atoms with E-state index in [-0.39, 0.29) is 22.0 Å². The number of thioether (sulfide) groups is 1. The van der Waals surface area contributed by atoms with Crippen LogP contribution in [-0.2, 0) is 0 Å². The number of aromatic nitrogens is 2. The topological polar surface area (TPSA) is 49.6 Å². The van der Waals surface area contributed by atoms with Gasteiger partial charge in [0, 0.05) is 11.1 Å². The van der Waals surface area contributed by atoms with Crippen LogP contribution in [0.1, 0.15) is 17.6 Å². The molecule has 7 heteroatoms. The van der Waals surface area contributed by atoms with Gasteiger partial charge in [-0.1, -0.05) is 41.6 Å². The van der Waals surface area contributed by atoms with Gasteiger partial charge in [0.1, 0.15) is 11.6 Å². The Kier molecular flexibility index (Phi) is 4.53. The molecule has 0 aliphatic carbocycles. The fraction of sp³-hybridized carbons (Fsp3) is 0.154. The highest BCUT2D eigenvalue weighted by atomic mass is 35.5. The Morgan fingerprint density at radius 2 is 2.10 bits per heavy atom. The number of alkyl halides is 2. The molecule has 3 nitrogen and oxygen atoms in total. The first kappa shape index (κ1) is 14.7. The summed E-state index contributed by atoms with van der Waals surface area (Å²) in [7, 11) is 0. The van der Waals surface area contributed by atoms with Crippen LogP contribution in [0.2, 0.25) is 5.15 Å². The Morgan fingerprint density at radius 3 is 2.70 bits per heavy atom. The first-order valence-corrected chi connectivity index (χ1v) is 7.07. The SMILES string of the molecule is CSc1nc(Cl)c(C#N)c(-c2cccc(C(F)F)c2)n1. The summed E-state index contributed by atoms with van der Waals surface area (Å²) in [5.74, 6) is 0. The van der Waals surface area contributed by atoms with E-state index in [1.165, 1.54) is 30.0 Å². The third-order valence-corrected chi connectivity index (χ3v) is 3.37. The van der Waals surface area contributed by atoms with E-state index in [4.69, 9.17) is 16.9 Å². The number of hydrogen-bond acceptors (Lipinski definition) is 4. The van der Waals surface area contributed by atoms with Crippen LogP contribution in [0.5, 0.6) is 0 Å². The number of nitriles is 1. The molecule has 0 saturated heterocycles. The molecule has 2 aromatic rings. The molecule has 0 fully saturated rings. The summed E-state index contributed by atoms with van der Waals surface area (Å²) in [5, 5.41) is 9.53. The molecule has 0 amide bonds. The summed E-state index contributed by atoms with van der Waals surface area (Å²) in [6.07, 6.45) is -0.824. The van der Waals surface area contributed by atoms with Crippen LogP contribution in [0.3, 0.4) is 0 Å². The van der Waals surface area contributed by atoms with Gasteiger partial charge in [-0.05, 0) is 12.3 Å². The van der Waals surface area contributed by atoms with Gasteiger partial charge in [-0.2, -0.15) is 5.26 Å². The van der Waals surface area contributed by atoms with Crippen molar-refractivity contribution in [3.8, 4) is 17.3 Å². The second-order valence-electron chi connectivity index (χ2n) is 3.76. The zero-order valence-corrected chi connectivity index (χ0v) is 11.8. The molecule has 0 aliphatic rings. The predicted molar refractivity (Wildman–Crippen MR) is 73.9 cm³/mol. The molecular formula is C13H8ClF2N3S. The molecule has 0 aliphatic heterocycles. The summed E-state index contributed by atoms with van der Waals surface area (Å²) in [4.78, 5) is 8.15. The molecule has 1 aromatic heterocycles. The van der Waals surface area contributed by atoms with Crippen molar-refractivity contribution in [2.75, 3.05) is 6.26 Å². The second kappa shape index (κ2) is 6.16. The number of rotatable bonds is 3. The van der Waals surface area contributed by atoms with Crippen LogP contribution >= 0.6 is 23.4 Å². The lowest BCUT2D eigenvalue weighted by atomic mass is 10.1. The van der Waals surface area contributed by atoms with E-state index in [0.717, 1.165) is 0 Å². The third-order valence-electron chi connectivity index (χ3n) is 2.55. The largest absolute Gasteiger partial charge is 0.263 e. The average molecular weight is 312 g/mol. The highest BCUT2D eigenvalue weighted by Crippen LogP contribution is 2.30. The summed E-state index contributed by atoms with van der Waals surface area (Å²) < 4.78 is 25.5. The zero-order chi connectivity index (χ0) is 14.7. The van der Waals surface area contributed by atoms with Gasteiger partial charge < -0.3 is 0 Å². The van der Waals surface area contributed by atoms with E-state index >= 15 is 0 Å². The molecule has 2 rings (SSSR count). The minimum absolute atomic E-state index is 0.0179. The van der Waals surface area contributed by atoms with Crippen molar-refractivity contribution in [2.45, 2.75) is 11.6 Å². The van der Waals surface area contributed by atoms with Gasteiger partial charge in [-0.3, -0.25) is 0 Å². The molecule has 0 unspecified atom stereocenters. The fourth-order valence-corrected chi connectivity index (χ4v) is 2.26. The summed E-state index contributed by atoms with van der Waals surface area (Å²) in [5.41, 5.74) is 0.626. The van der Waals surface area contributed by atoms with Crippen molar-refractivity contribution in [3.63, 3.8) is 0 Å². The van der Waals surface area contributed by atoms with Crippen LogP contribution in [0, 0.1) is 11.3 Å².